The van der Waals surface area contributed by atoms with Crippen LogP contribution in [0.2, 0.25) is 0 Å². The molecular weight excluding hydrogens is 306 g/mol. The van der Waals surface area contributed by atoms with Gasteiger partial charge in [0.15, 0.2) is 0 Å². The van der Waals surface area contributed by atoms with Crippen molar-refractivity contribution in [2.75, 3.05) is 25.5 Å². The summed E-state index contributed by atoms with van der Waals surface area (Å²) >= 11 is 0. The van der Waals surface area contributed by atoms with E-state index in [0.717, 1.165) is 11.4 Å². The number of aromatic nitrogens is 1. The maximum Gasteiger partial charge on any atom is 0.321 e. The molecule has 0 aliphatic carbocycles. The van der Waals surface area contributed by atoms with Gasteiger partial charge in [0.1, 0.15) is 0 Å². The smallest absolute Gasteiger partial charge is 0.321 e. The number of benzene rings is 1. The molecule has 1 aliphatic heterocycles. The summed E-state index contributed by atoms with van der Waals surface area (Å²) in [5, 5.41) is 2.93. The van der Waals surface area contributed by atoms with Crippen LogP contribution in [0.15, 0.2) is 48.8 Å². The van der Waals surface area contributed by atoms with Crippen molar-refractivity contribution in [3.8, 4) is 5.69 Å². The standard InChI is InChI=1S/C18H21N3O3/c1-24-17(22)14-7-11-21(12-8-14)18(23)19-15-5-4-6-16(13-15)20-9-2-3-10-20/h2-6,9-10,13-14H,7-8,11-12H2,1H3,(H,19,23). The minimum Gasteiger partial charge on any atom is -0.469 e. The van der Waals surface area contributed by atoms with Crippen LogP contribution in [0, 0.1) is 5.92 Å². The lowest BCUT2D eigenvalue weighted by Crippen LogP contribution is -2.42. The molecule has 126 valence electrons. The van der Waals surface area contributed by atoms with Crippen molar-refractivity contribution >= 4 is 17.7 Å². The number of anilines is 1. The van der Waals surface area contributed by atoms with E-state index >= 15 is 0 Å². The predicted octanol–water partition coefficient (Wildman–Crippen LogP) is 2.89. The minimum atomic E-state index is -0.186. The number of carbonyl (C=O) groups is 2. The number of esters is 1. The first kappa shape index (κ1) is 16.1. The molecule has 2 aromatic rings. The summed E-state index contributed by atoms with van der Waals surface area (Å²) in [6.07, 6.45) is 5.20. The number of hydrogen-bond donors (Lipinski definition) is 1. The molecule has 24 heavy (non-hydrogen) atoms. The Morgan fingerprint density at radius 3 is 2.50 bits per heavy atom. The van der Waals surface area contributed by atoms with Crippen LogP contribution in [0.5, 0.6) is 0 Å². The number of nitrogens with zero attached hydrogens (tertiary/aromatic N) is 2. The molecule has 2 amide bonds. The van der Waals surface area contributed by atoms with E-state index in [1.807, 2.05) is 53.4 Å². The first-order chi connectivity index (χ1) is 11.7. The molecule has 1 aromatic heterocycles. The van der Waals surface area contributed by atoms with Crippen LogP contribution >= 0.6 is 0 Å². The second-order valence-corrected chi connectivity index (χ2v) is 5.86. The zero-order valence-corrected chi connectivity index (χ0v) is 13.6. The van der Waals surface area contributed by atoms with E-state index < -0.39 is 0 Å². The molecule has 1 aliphatic rings. The summed E-state index contributed by atoms with van der Waals surface area (Å²) in [6, 6.07) is 11.5. The fraction of sp³-hybridized carbons (Fsp3) is 0.333. The number of ether oxygens (including phenoxy) is 1. The highest BCUT2D eigenvalue weighted by Gasteiger charge is 2.27. The molecule has 1 aromatic carbocycles. The summed E-state index contributed by atoms with van der Waals surface area (Å²) in [4.78, 5) is 25.7. The maximum atomic E-state index is 12.4. The molecule has 0 saturated carbocycles. The molecular formula is C18H21N3O3. The Kier molecular flexibility index (Phi) is 4.84. The van der Waals surface area contributed by atoms with Crippen LogP contribution < -0.4 is 5.32 Å². The van der Waals surface area contributed by atoms with Crippen molar-refractivity contribution in [2.45, 2.75) is 12.8 Å². The van der Waals surface area contributed by atoms with E-state index in [9.17, 15) is 9.59 Å². The molecule has 0 radical (unpaired) electrons. The number of likely N-dealkylation sites (tertiary alicyclic amines) is 1. The van der Waals surface area contributed by atoms with Gasteiger partial charge in [-0.3, -0.25) is 4.79 Å². The summed E-state index contributed by atoms with van der Waals surface area (Å²) in [7, 11) is 1.40. The Morgan fingerprint density at radius 2 is 1.83 bits per heavy atom. The first-order valence-electron chi connectivity index (χ1n) is 8.04. The number of amides is 2. The summed E-state index contributed by atoms with van der Waals surface area (Å²) in [6.45, 7) is 1.12. The van der Waals surface area contributed by atoms with Gasteiger partial charge in [-0.2, -0.15) is 0 Å². The average Bonchev–Trinajstić information content (AvgIpc) is 3.16. The van der Waals surface area contributed by atoms with Gasteiger partial charge in [0.2, 0.25) is 0 Å². The normalized spacial score (nSPS) is 15.1. The van der Waals surface area contributed by atoms with E-state index in [4.69, 9.17) is 4.74 Å². The lowest BCUT2D eigenvalue weighted by Gasteiger charge is -2.30. The monoisotopic (exact) mass is 327 g/mol. The molecule has 0 spiro atoms. The van der Waals surface area contributed by atoms with Crippen LogP contribution in [-0.4, -0.2) is 41.7 Å². The summed E-state index contributed by atoms with van der Waals surface area (Å²) in [5.74, 6) is -0.286. The molecule has 1 N–H and O–H groups in total. The molecule has 3 rings (SSSR count). The van der Waals surface area contributed by atoms with Gasteiger partial charge in [-0.25, -0.2) is 4.79 Å². The highest BCUT2D eigenvalue weighted by Crippen LogP contribution is 2.20. The molecule has 0 bridgehead atoms. The lowest BCUT2D eigenvalue weighted by molar-refractivity contribution is -0.146. The Morgan fingerprint density at radius 1 is 1.12 bits per heavy atom. The number of methoxy groups -OCH3 is 1. The lowest BCUT2D eigenvalue weighted by atomic mass is 9.97. The zero-order valence-electron chi connectivity index (χ0n) is 13.6. The van der Waals surface area contributed by atoms with E-state index in [-0.39, 0.29) is 17.9 Å². The average molecular weight is 327 g/mol. The molecule has 2 heterocycles. The highest BCUT2D eigenvalue weighted by molar-refractivity contribution is 5.89. The topological polar surface area (TPSA) is 63.6 Å². The predicted molar refractivity (Wildman–Crippen MR) is 91.1 cm³/mol. The third kappa shape index (κ3) is 3.59. The van der Waals surface area contributed by atoms with Crippen molar-refractivity contribution in [1.82, 2.24) is 9.47 Å². The van der Waals surface area contributed by atoms with Crippen LogP contribution in [0.25, 0.3) is 5.69 Å². The van der Waals surface area contributed by atoms with Crippen LogP contribution in [0.4, 0.5) is 10.5 Å². The molecule has 1 saturated heterocycles. The Bertz CT molecular complexity index is 704. The number of hydrogen-bond acceptors (Lipinski definition) is 3. The third-order valence-corrected chi connectivity index (χ3v) is 4.32. The number of urea groups is 1. The van der Waals surface area contributed by atoms with E-state index in [1.165, 1.54) is 7.11 Å². The maximum absolute atomic E-state index is 12.4. The first-order valence-corrected chi connectivity index (χ1v) is 8.04. The van der Waals surface area contributed by atoms with Gasteiger partial charge in [-0.1, -0.05) is 6.07 Å². The molecule has 0 atom stereocenters. The van der Waals surface area contributed by atoms with Gasteiger partial charge in [0, 0.05) is 36.9 Å². The fourth-order valence-electron chi connectivity index (χ4n) is 2.94. The molecule has 6 heteroatoms. The minimum absolute atomic E-state index is 0.101. The number of carbonyl (C=O) groups excluding carboxylic acids is 2. The van der Waals surface area contributed by atoms with Crippen molar-refractivity contribution in [2.24, 2.45) is 5.92 Å². The van der Waals surface area contributed by atoms with Crippen molar-refractivity contribution in [3.63, 3.8) is 0 Å². The largest absolute Gasteiger partial charge is 0.469 e. The van der Waals surface area contributed by atoms with Crippen LogP contribution in [-0.2, 0) is 9.53 Å². The van der Waals surface area contributed by atoms with Crippen LogP contribution in [0.3, 0.4) is 0 Å². The fourth-order valence-corrected chi connectivity index (χ4v) is 2.94. The second-order valence-electron chi connectivity index (χ2n) is 5.86. The Balaban J connectivity index is 1.60. The van der Waals surface area contributed by atoms with Gasteiger partial charge < -0.3 is 19.5 Å². The highest BCUT2D eigenvalue weighted by atomic mass is 16.5. The number of piperidine rings is 1. The van der Waals surface area contributed by atoms with Gasteiger partial charge in [0.05, 0.1) is 13.0 Å². The van der Waals surface area contributed by atoms with Crippen molar-refractivity contribution < 1.29 is 14.3 Å². The van der Waals surface area contributed by atoms with Crippen molar-refractivity contribution in [3.05, 3.63) is 48.8 Å². The molecule has 6 nitrogen and oxygen atoms in total. The van der Waals surface area contributed by atoms with Crippen molar-refractivity contribution in [1.29, 1.82) is 0 Å². The Hall–Kier alpha value is -2.76. The second kappa shape index (κ2) is 7.21. The van der Waals surface area contributed by atoms with Gasteiger partial charge in [-0.15, -0.1) is 0 Å². The summed E-state index contributed by atoms with van der Waals surface area (Å²) in [5.41, 5.74) is 1.74. The number of nitrogens with one attached hydrogen (secondary N) is 1. The van der Waals surface area contributed by atoms with E-state index in [0.29, 0.717) is 25.9 Å². The quantitative estimate of drug-likeness (QED) is 0.882. The number of rotatable bonds is 3. The molecule has 1 fully saturated rings. The van der Waals surface area contributed by atoms with E-state index in [1.54, 1.807) is 4.90 Å². The van der Waals surface area contributed by atoms with E-state index in [2.05, 4.69) is 5.32 Å². The molecule has 0 unspecified atom stereocenters. The van der Waals surface area contributed by atoms with Gasteiger partial charge in [-0.05, 0) is 43.2 Å². The third-order valence-electron chi connectivity index (χ3n) is 4.32. The van der Waals surface area contributed by atoms with Crippen LogP contribution in [0.1, 0.15) is 12.8 Å². The summed E-state index contributed by atoms with van der Waals surface area (Å²) < 4.78 is 6.75. The van der Waals surface area contributed by atoms with Gasteiger partial charge in [0.25, 0.3) is 0 Å². The SMILES string of the molecule is COC(=O)C1CCN(C(=O)Nc2cccc(-n3cccc3)c2)CC1. The van der Waals surface area contributed by atoms with Gasteiger partial charge >= 0.3 is 12.0 Å². The Labute approximate surface area is 141 Å². The zero-order chi connectivity index (χ0) is 16.9.